The fourth-order valence-corrected chi connectivity index (χ4v) is 3.56. The van der Waals surface area contributed by atoms with Crippen molar-refractivity contribution in [3.05, 3.63) is 59.2 Å². The van der Waals surface area contributed by atoms with Crippen molar-refractivity contribution in [2.45, 2.75) is 50.5 Å². The molecule has 1 unspecified atom stereocenters. The zero-order valence-electron chi connectivity index (χ0n) is 18.1. The molecule has 33 heavy (non-hydrogen) atoms. The number of nitrogens with zero attached hydrogens (tertiary/aromatic N) is 3. The minimum absolute atomic E-state index is 0.107. The first-order valence-corrected chi connectivity index (χ1v) is 11.0. The zero-order valence-corrected chi connectivity index (χ0v) is 18.1. The molecule has 1 aromatic carbocycles. The lowest BCUT2D eigenvalue weighted by Gasteiger charge is -2.18. The van der Waals surface area contributed by atoms with Crippen molar-refractivity contribution in [1.29, 1.82) is 0 Å². The molecule has 1 aliphatic carbocycles. The van der Waals surface area contributed by atoms with E-state index in [9.17, 15) is 14.3 Å². The number of aromatic nitrogens is 4. The summed E-state index contributed by atoms with van der Waals surface area (Å²) >= 11 is 0. The highest BCUT2D eigenvalue weighted by atomic mass is 19.1. The molecule has 4 rings (SSSR count). The van der Waals surface area contributed by atoms with Gasteiger partial charge < -0.3 is 20.8 Å². The van der Waals surface area contributed by atoms with Gasteiger partial charge in [-0.25, -0.2) is 9.37 Å². The highest BCUT2D eigenvalue weighted by molar-refractivity contribution is 5.66. The van der Waals surface area contributed by atoms with Crippen molar-refractivity contribution in [2.24, 2.45) is 0 Å². The number of aliphatic hydroxyl groups excluding tert-OH is 1. The lowest BCUT2D eigenvalue weighted by Crippen LogP contribution is -2.17. The monoisotopic (exact) mass is 454 g/mol. The molecule has 3 aromatic rings. The van der Waals surface area contributed by atoms with Crippen LogP contribution in [0, 0.1) is 5.82 Å². The average molecular weight is 455 g/mol. The standard InChI is InChI=1S/C23H27FN6O3/c24-16-9-7-15(8-10-16)19(13-31)26-23-25-17(3-1-2-4-22(32)33)11-20(28-23)27-21-12-18(29-30-21)14-5-6-14/h7-12,14,19,31H,1-6,13H2,(H,32,33)(H3,25,26,27,28,29,30). The van der Waals surface area contributed by atoms with E-state index in [1.807, 2.05) is 12.1 Å². The second-order valence-electron chi connectivity index (χ2n) is 8.21. The molecule has 2 aromatic heterocycles. The molecule has 1 saturated carbocycles. The van der Waals surface area contributed by atoms with Crippen LogP contribution in [0.15, 0.2) is 36.4 Å². The van der Waals surface area contributed by atoms with Gasteiger partial charge in [0, 0.05) is 35.9 Å². The predicted molar refractivity (Wildman–Crippen MR) is 121 cm³/mol. The molecule has 0 amide bonds. The van der Waals surface area contributed by atoms with E-state index in [-0.39, 0.29) is 18.8 Å². The Morgan fingerprint density at radius 2 is 1.94 bits per heavy atom. The van der Waals surface area contributed by atoms with E-state index < -0.39 is 12.0 Å². The van der Waals surface area contributed by atoms with Crippen LogP contribution in [0.3, 0.4) is 0 Å². The van der Waals surface area contributed by atoms with Crippen molar-refractivity contribution >= 4 is 23.6 Å². The van der Waals surface area contributed by atoms with E-state index in [0.29, 0.717) is 48.3 Å². The number of carbonyl (C=O) groups is 1. The van der Waals surface area contributed by atoms with Crippen molar-refractivity contribution < 1.29 is 19.4 Å². The van der Waals surface area contributed by atoms with Gasteiger partial charge in [-0.3, -0.25) is 9.89 Å². The third kappa shape index (κ3) is 6.48. The van der Waals surface area contributed by atoms with Gasteiger partial charge in [0.15, 0.2) is 5.82 Å². The quantitative estimate of drug-likeness (QED) is 0.260. The summed E-state index contributed by atoms with van der Waals surface area (Å²) in [6.07, 6.45) is 4.22. The molecule has 0 radical (unpaired) electrons. The summed E-state index contributed by atoms with van der Waals surface area (Å²) in [5.74, 6) is 0.848. The Balaban J connectivity index is 1.52. The lowest BCUT2D eigenvalue weighted by atomic mass is 10.1. The molecular formula is C23H27FN6O3. The highest BCUT2D eigenvalue weighted by Gasteiger charge is 2.25. The summed E-state index contributed by atoms with van der Waals surface area (Å²) < 4.78 is 13.3. The number of nitrogens with one attached hydrogen (secondary N) is 3. The second kappa shape index (κ2) is 10.4. The number of rotatable bonds is 12. The number of aliphatic carboxylic acids is 1. The number of aliphatic hydroxyl groups is 1. The summed E-state index contributed by atoms with van der Waals surface area (Å²) in [4.78, 5) is 19.8. The number of halogens is 1. The van der Waals surface area contributed by atoms with Crippen LogP contribution in [-0.2, 0) is 11.2 Å². The van der Waals surface area contributed by atoms with Gasteiger partial charge in [0.2, 0.25) is 5.95 Å². The number of anilines is 3. The summed E-state index contributed by atoms with van der Waals surface area (Å²) in [6.45, 7) is -0.231. The summed E-state index contributed by atoms with van der Waals surface area (Å²) in [6, 6.07) is 9.12. The molecule has 5 N–H and O–H groups in total. The maximum Gasteiger partial charge on any atom is 0.303 e. The minimum atomic E-state index is -0.822. The van der Waals surface area contributed by atoms with Gasteiger partial charge in [-0.2, -0.15) is 10.1 Å². The fraction of sp³-hybridized carbons (Fsp3) is 0.391. The molecule has 1 fully saturated rings. The SMILES string of the molecule is O=C(O)CCCCc1cc(Nc2cc(C3CC3)[nH]n2)nc(NC(CO)c2ccc(F)cc2)n1. The summed E-state index contributed by atoms with van der Waals surface area (Å²) in [7, 11) is 0. The van der Waals surface area contributed by atoms with E-state index in [4.69, 9.17) is 5.11 Å². The molecule has 9 nitrogen and oxygen atoms in total. The number of benzene rings is 1. The van der Waals surface area contributed by atoms with Crippen LogP contribution in [0.5, 0.6) is 0 Å². The molecule has 0 saturated heterocycles. The van der Waals surface area contributed by atoms with Crippen molar-refractivity contribution in [2.75, 3.05) is 17.2 Å². The van der Waals surface area contributed by atoms with Gasteiger partial charge in [0.25, 0.3) is 0 Å². The molecule has 1 atom stereocenters. The van der Waals surface area contributed by atoms with Crippen LogP contribution in [0.1, 0.15) is 61.0 Å². The normalized spacial score (nSPS) is 14.1. The number of unbranched alkanes of at least 4 members (excludes halogenated alkanes) is 1. The van der Waals surface area contributed by atoms with Crippen LogP contribution in [0.25, 0.3) is 0 Å². The Morgan fingerprint density at radius 3 is 2.64 bits per heavy atom. The second-order valence-corrected chi connectivity index (χ2v) is 8.21. The lowest BCUT2D eigenvalue weighted by molar-refractivity contribution is -0.137. The number of hydrogen-bond acceptors (Lipinski definition) is 7. The van der Waals surface area contributed by atoms with Crippen LogP contribution in [0.2, 0.25) is 0 Å². The van der Waals surface area contributed by atoms with Gasteiger partial charge in [0.1, 0.15) is 11.6 Å². The number of hydrogen-bond donors (Lipinski definition) is 5. The Labute approximate surface area is 190 Å². The fourth-order valence-electron chi connectivity index (χ4n) is 3.56. The third-order valence-electron chi connectivity index (χ3n) is 5.48. The number of carboxylic acid groups (broad SMARTS) is 1. The average Bonchev–Trinajstić information content (AvgIpc) is 3.55. The van der Waals surface area contributed by atoms with E-state index in [1.165, 1.54) is 12.1 Å². The van der Waals surface area contributed by atoms with Crippen LogP contribution >= 0.6 is 0 Å². The number of aryl methyl sites for hydroxylation is 1. The first-order chi connectivity index (χ1) is 16.0. The molecule has 10 heteroatoms. The molecular weight excluding hydrogens is 427 g/mol. The Bertz CT molecular complexity index is 1080. The van der Waals surface area contributed by atoms with Crippen LogP contribution in [0.4, 0.5) is 22.0 Å². The summed E-state index contributed by atoms with van der Waals surface area (Å²) in [5.41, 5.74) is 2.52. The van der Waals surface area contributed by atoms with Crippen molar-refractivity contribution in [3.8, 4) is 0 Å². The van der Waals surface area contributed by atoms with E-state index >= 15 is 0 Å². The number of carboxylic acids is 1. The smallest absolute Gasteiger partial charge is 0.303 e. The van der Waals surface area contributed by atoms with Crippen molar-refractivity contribution in [1.82, 2.24) is 20.2 Å². The molecule has 0 bridgehead atoms. The highest BCUT2D eigenvalue weighted by Crippen LogP contribution is 2.39. The van der Waals surface area contributed by atoms with Crippen LogP contribution < -0.4 is 10.6 Å². The van der Waals surface area contributed by atoms with Gasteiger partial charge >= 0.3 is 5.97 Å². The van der Waals surface area contributed by atoms with E-state index in [1.54, 1.807) is 12.1 Å². The van der Waals surface area contributed by atoms with Gasteiger partial charge in [0.05, 0.1) is 12.6 Å². The predicted octanol–water partition coefficient (Wildman–Crippen LogP) is 3.90. The van der Waals surface area contributed by atoms with Crippen molar-refractivity contribution in [3.63, 3.8) is 0 Å². The largest absolute Gasteiger partial charge is 0.481 e. The Kier molecular flexibility index (Phi) is 7.13. The number of aromatic amines is 1. The molecule has 2 heterocycles. The third-order valence-corrected chi connectivity index (χ3v) is 5.48. The van der Waals surface area contributed by atoms with E-state index in [2.05, 4.69) is 30.8 Å². The molecule has 1 aliphatic rings. The first-order valence-electron chi connectivity index (χ1n) is 11.0. The topological polar surface area (TPSA) is 136 Å². The first kappa shape index (κ1) is 22.7. The van der Waals surface area contributed by atoms with Gasteiger partial charge in [-0.15, -0.1) is 0 Å². The maximum absolute atomic E-state index is 13.3. The number of H-pyrrole nitrogens is 1. The van der Waals surface area contributed by atoms with Gasteiger partial charge in [-0.1, -0.05) is 12.1 Å². The summed E-state index contributed by atoms with van der Waals surface area (Å²) in [5, 5.41) is 32.4. The zero-order chi connectivity index (χ0) is 23.2. The Hall–Kier alpha value is -3.53. The molecule has 0 aliphatic heterocycles. The Morgan fingerprint density at radius 1 is 1.15 bits per heavy atom. The van der Waals surface area contributed by atoms with Crippen LogP contribution in [-0.4, -0.2) is 43.0 Å². The molecule has 174 valence electrons. The molecule has 0 spiro atoms. The van der Waals surface area contributed by atoms with E-state index in [0.717, 1.165) is 24.2 Å². The van der Waals surface area contributed by atoms with Gasteiger partial charge in [-0.05, 0) is 49.8 Å². The maximum atomic E-state index is 13.3. The minimum Gasteiger partial charge on any atom is -0.481 e.